The molecule has 2 saturated heterocycles. The Balaban J connectivity index is 0.00000272. The topological polar surface area (TPSA) is 111 Å². The number of carbonyl (C=O) groups excluding carboxylic acids is 2. The molecule has 4 rings (SSSR count). The predicted octanol–water partition coefficient (Wildman–Crippen LogP) is 0.248. The van der Waals surface area contributed by atoms with Crippen LogP contribution in [0.25, 0.3) is 0 Å². The number of amides is 2. The number of imide groups is 1. The fourth-order valence-electron chi connectivity index (χ4n) is 5.28. The Bertz CT molecular complexity index is 847. The van der Waals surface area contributed by atoms with Crippen molar-refractivity contribution in [1.29, 1.82) is 0 Å². The van der Waals surface area contributed by atoms with Gasteiger partial charge in [-0.1, -0.05) is 12.2 Å². The van der Waals surface area contributed by atoms with Gasteiger partial charge in [0.1, 0.15) is 0 Å². The molecular weight excluding hydrogens is 533 g/mol. The van der Waals surface area contributed by atoms with Gasteiger partial charge in [-0.15, -0.1) is 24.0 Å². The maximum Gasteiger partial charge on any atom is 0.233 e. The molecule has 31 heavy (non-hydrogen) atoms. The Hall–Kier alpha value is -1.21. The number of sulfonamides is 1. The number of fused-ring (bicyclic) bond motifs is 5. The molecule has 5 atom stereocenters. The number of hydrogen-bond donors (Lipinski definition) is 2. The third-order valence-corrected chi connectivity index (χ3v) is 8.03. The summed E-state index contributed by atoms with van der Waals surface area (Å²) in [6.45, 7) is 4.99. The van der Waals surface area contributed by atoms with E-state index in [-0.39, 0.29) is 65.4 Å². The lowest BCUT2D eigenvalue weighted by Crippen LogP contribution is -2.44. The molecule has 0 aromatic rings. The first kappa shape index (κ1) is 24.4. The molecule has 4 aliphatic rings. The second kappa shape index (κ2) is 9.74. The average Bonchev–Trinajstić information content (AvgIpc) is 3.45. The minimum atomic E-state index is -3.15. The molecule has 0 aromatic carbocycles. The summed E-state index contributed by atoms with van der Waals surface area (Å²) >= 11 is 0. The molecule has 2 aliphatic heterocycles. The van der Waals surface area contributed by atoms with Crippen molar-refractivity contribution in [2.75, 3.05) is 45.5 Å². The molecule has 1 saturated carbocycles. The van der Waals surface area contributed by atoms with Crippen molar-refractivity contribution in [2.45, 2.75) is 19.8 Å². The number of halogens is 1. The van der Waals surface area contributed by atoms with Crippen LogP contribution in [-0.2, 0) is 19.6 Å². The van der Waals surface area contributed by atoms with Crippen LogP contribution in [0, 0.1) is 29.6 Å². The fourth-order valence-corrected chi connectivity index (χ4v) is 6.20. The molecule has 0 radical (unpaired) electrons. The monoisotopic (exact) mass is 565 g/mol. The second-order valence-electron chi connectivity index (χ2n) is 8.75. The lowest BCUT2D eigenvalue weighted by Gasteiger charge is -2.19. The van der Waals surface area contributed by atoms with E-state index < -0.39 is 10.0 Å². The summed E-state index contributed by atoms with van der Waals surface area (Å²) in [5.74, 6) is 0.895. The largest absolute Gasteiger partial charge is 0.357 e. The van der Waals surface area contributed by atoms with Crippen LogP contribution in [0.3, 0.4) is 0 Å². The van der Waals surface area contributed by atoms with E-state index in [1.54, 1.807) is 0 Å². The summed E-state index contributed by atoms with van der Waals surface area (Å²) in [6.07, 6.45) is 7.17. The maximum absolute atomic E-state index is 12.7. The van der Waals surface area contributed by atoms with E-state index in [0.29, 0.717) is 45.2 Å². The first-order valence-corrected chi connectivity index (χ1v) is 12.6. The SMILES string of the molecule is CCNC(=NCC1CCN(S(C)(=O)=O)C1)NCCN1C(=O)C2C3C=CC(C3)C2C1=O.I. The normalized spacial score (nSPS) is 32.5. The second-order valence-corrected chi connectivity index (χ2v) is 10.7. The molecule has 2 aliphatic carbocycles. The Morgan fingerprint density at radius 2 is 1.81 bits per heavy atom. The van der Waals surface area contributed by atoms with Crippen LogP contribution < -0.4 is 10.6 Å². The van der Waals surface area contributed by atoms with Gasteiger partial charge < -0.3 is 10.6 Å². The van der Waals surface area contributed by atoms with Gasteiger partial charge in [0.15, 0.2) is 5.96 Å². The van der Waals surface area contributed by atoms with Crippen LogP contribution in [0.5, 0.6) is 0 Å². The molecular formula is C20H32IN5O4S. The van der Waals surface area contributed by atoms with E-state index in [1.165, 1.54) is 15.5 Å². The first-order valence-electron chi connectivity index (χ1n) is 10.8. The number of carbonyl (C=O) groups is 2. The number of allylic oxidation sites excluding steroid dienone is 2. The zero-order valence-electron chi connectivity index (χ0n) is 18.0. The minimum absolute atomic E-state index is 0. The minimum Gasteiger partial charge on any atom is -0.357 e. The Labute approximate surface area is 201 Å². The fraction of sp³-hybridized carbons (Fsp3) is 0.750. The van der Waals surface area contributed by atoms with Gasteiger partial charge in [0.2, 0.25) is 21.8 Å². The third kappa shape index (κ3) is 4.92. The standard InChI is InChI=1S/C20H31N5O4S.HI/c1-3-21-20(23-11-13-6-8-24(12-13)30(2,28)29)22-7-9-25-18(26)16-14-4-5-15(10-14)17(16)19(25)27;/h4-5,13-17H,3,6-12H2,1-2H3,(H2,21,22,23);1H. The van der Waals surface area contributed by atoms with Gasteiger partial charge in [-0.05, 0) is 37.5 Å². The van der Waals surface area contributed by atoms with Crippen molar-refractivity contribution in [3.8, 4) is 0 Å². The van der Waals surface area contributed by atoms with Crippen LogP contribution >= 0.6 is 24.0 Å². The Morgan fingerprint density at radius 3 is 2.35 bits per heavy atom. The highest BCUT2D eigenvalue weighted by Crippen LogP contribution is 2.52. The predicted molar refractivity (Wildman–Crippen MR) is 128 cm³/mol. The van der Waals surface area contributed by atoms with Crippen molar-refractivity contribution < 1.29 is 18.0 Å². The molecule has 2 N–H and O–H groups in total. The third-order valence-electron chi connectivity index (χ3n) is 6.76. The summed E-state index contributed by atoms with van der Waals surface area (Å²) in [6, 6.07) is 0. The number of nitrogens with one attached hydrogen (secondary N) is 2. The van der Waals surface area contributed by atoms with E-state index >= 15 is 0 Å². The molecule has 3 fully saturated rings. The molecule has 0 aromatic heterocycles. The van der Waals surface area contributed by atoms with Crippen molar-refractivity contribution in [2.24, 2.45) is 34.6 Å². The molecule has 0 spiro atoms. The highest BCUT2D eigenvalue weighted by Gasteiger charge is 2.58. The van der Waals surface area contributed by atoms with Gasteiger partial charge in [-0.2, -0.15) is 0 Å². The van der Waals surface area contributed by atoms with Gasteiger partial charge in [0, 0.05) is 39.3 Å². The van der Waals surface area contributed by atoms with Crippen molar-refractivity contribution in [3.05, 3.63) is 12.2 Å². The highest BCUT2D eigenvalue weighted by molar-refractivity contribution is 14.0. The summed E-state index contributed by atoms with van der Waals surface area (Å²) < 4.78 is 24.8. The summed E-state index contributed by atoms with van der Waals surface area (Å²) in [5, 5.41) is 6.37. The lowest BCUT2D eigenvalue weighted by atomic mass is 9.85. The number of nitrogens with zero attached hydrogens (tertiary/aromatic N) is 3. The molecule has 11 heteroatoms. The number of rotatable bonds is 7. The summed E-state index contributed by atoms with van der Waals surface area (Å²) in [7, 11) is -3.15. The molecule has 2 bridgehead atoms. The van der Waals surface area contributed by atoms with Crippen LogP contribution in [0.4, 0.5) is 0 Å². The van der Waals surface area contributed by atoms with Gasteiger partial charge in [-0.25, -0.2) is 12.7 Å². The maximum atomic E-state index is 12.7. The van der Waals surface area contributed by atoms with E-state index in [9.17, 15) is 18.0 Å². The van der Waals surface area contributed by atoms with Gasteiger partial charge >= 0.3 is 0 Å². The van der Waals surface area contributed by atoms with Crippen LogP contribution in [0.15, 0.2) is 17.1 Å². The van der Waals surface area contributed by atoms with Gasteiger partial charge in [0.25, 0.3) is 0 Å². The zero-order valence-corrected chi connectivity index (χ0v) is 21.1. The van der Waals surface area contributed by atoms with Crippen molar-refractivity contribution in [3.63, 3.8) is 0 Å². The summed E-state index contributed by atoms with van der Waals surface area (Å²) in [4.78, 5) is 31.5. The zero-order chi connectivity index (χ0) is 21.5. The number of hydrogen-bond acceptors (Lipinski definition) is 5. The molecule has 2 heterocycles. The smallest absolute Gasteiger partial charge is 0.233 e. The van der Waals surface area contributed by atoms with Crippen LogP contribution in [-0.4, -0.2) is 80.9 Å². The van der Waals surface area contributed by atoms with Crippen LogP contribution in [0.1, 0.15) is 19.8 Å². The number of aliphatic imine (C=N–C) groups is 1. The van der Waals surface area contributed by atoms with E-state index in [4.69, 9.17) is 0 Å². The first-order chi connectivity index (χ1) is 14.3. The van der Waals surface area contributed by atoms with E-state index in [2.05, 4.69) is 27.8 Å². The molecule has 9 nitrogen and oxygen atoms in total. The number of likely N-dealkylation sites (tertiary alicyclic amines) is 1. The highest BCUT2D eigenvalue weighted by atomic mass is 127. The van der Waals surface area contributed by atoms with Gasteiger partial charge in [-0.3, -0.25) is 19.5 Å². The van der Waals surface area contributed by atoms with E-state index in [1.807, 2.05) is 6.92 Å². The van der Waals surface area contributed by atoms with E-state index in [0.717, 1.165) is 12.8 Å². The van der Waals surface area contributed by atoms with Crippen molar-refractivity contribution in [1.82, 2.24) is 19.8 Å². The Kier molecular flexibility index (Phi) is 7.67. The average molecular weight is 565 g/mol. The molecule has 174 valence electrons. The summed E-state index contributed by atoms with van der Waals surface area (Å²) in [5.41, 5.74) is 0. The number of guanidine groups is 1. The Morgan fingerprint density at radius 1 is 1.16 bits per heavy atom. The quantitative estimate of drug-likeness (QED) is 0.151. The lowest BCUT2D eigenvalue weighted by molar-refractivity contribution is -0.140. The molecule has 2 amide bonds. The van der Waals surface area contributed by atoms with Crippen LogP contribution in [0.2, 0.25) is 0 Å². The van der Waals surface area contributed by atoms with Crippen molar-refractivity contribution >= 4 is 51.8 Å². The van der Waals surface area contributed by atoms with Gasteiger partial charge in [0.05, 0.1) is 18.1 Å². The molecule has 5 unspecified atom stereocenters.